The van der Waals surface area contributed by atoms with Gasteiger partial charge in [-0.15, -0.1) is 0 Å². The number of hydrogen-bond donors (Lipinski definition) is 4. The molecule has 1 aliphatic rings. The summed E-state index contributed by atoms with van der Waals surface area (Å²) >= 11 is 0. The molecular weight excluding hydrogens is 464 g/mol. The second-order valence-electron chi connectivity index (χ2n) is 9.85. The Bertz CT molecular complexity index is 1060. The number of anilines is 2. The summed E-state index contributed by atoms with van der Waals surface area (Å²) in [7, 11) is -3.76. The number of carbonyl (C=O) groups is 1. The Balaban J connectivity index is 1.67. The Hall–Kier alpha value is -2.78. The fourth-order valence-electron chi connectivity index (χ4n) is 3.97. The van der Waals surface area contributed by atoms with Crippen molar-refractivity contribution in [1.29, 1.82) is 0 Å². The number of alkyl carbamates (subject to hydrolysis) is 1. The Morgan fingerprint density at radius 2 is 1.69 bits per heavy atom. The SMILES string of the molecule is CC(C)(C)OC(=O)NCCNS(=O)(=O)c1ccc(NC2CCCCC2)c(NCc2ccccc2)c1. The van der Waals surface area contributed by atoms with E-state index in [0.717, 1.165) is 29.8 Å². The first-order valence-corrected chi connectivity index (χ1v) is 13.8. The molecule has 0 radical (unpaired) electrons. The molecule has 2 aromatic carbocycles. The molecule has 0 aliphatic heterocycles. The Labute approximate surface area is 209 Å². The van der Waals surface area contributed by atoms with E-state index < -0.39 is 21.7 Å². The van der Waals surface area contributed by atoms with E-state index in [9.17, 15) is 13.2 Å². The van der Waals surface area contributed by atoms with Crippen LogP contribution >= 0.6 is 0 Å². The summed E-state index contributed by atoms with van der Waals surface area (Å²) < 4.78 is 33.6. The van der Waals surface area contributed by atoms with Crippen molar-refractivity contribution in [2.24, 2.45) is 0 Å². The number of hydrogen-bond acceptors (Lipinski definition) is 6. The molecule has 0 heterocycles. The van der Waals surface area contributed by atoms with Crippen LogP contribution in [-0.4, -0.2) is 39.2 Å². The van der Waals surface area contributed by atoms with E-state index in [1.165, 1.54) is 19.3 Å². The predicted octanol–water partition coefficient (Wildman–Crippen LogP) is 4.85. The molecule has 3 rings (SSSR count). The molecule has 2 aromatic rings. The Morgan fingerprint density at radius 3 is 2.37 bits per heavy atom. The van der Waals surface area contributed by atoms with Crippen molar-refractivity contribution in [3.05, 3.63) is 54.1 Å². The molecule has 4 N–H and O–H groups in total. The highest BCUT2D eigenvalue weighted by molar-refractivity contribution is 7.89. The first kappa shape index (κ1) is 26.8. The fourth-order valence-corrected chi connectivity index (χ4v) is 5.03. The first-order valence-electron chi connectivity index (χ1n) is 12.3. The van der Waals surface area contributed by atoms with Crippen LogP contribution in [0.3, 0.4) is 0 Å². The van der Waals surface area contributed by atoms with Crippen LogP contribution < -0.4 is 20.7 Å². The zero-order valence-electron chi connectivity index (χ0n) is 20.9. The second-order valence-corrected chi connectivity index (χ2v) is 11.6. The lowest BCUT2D eigenvalue weighted by atomic mass is 9.95. The summed E-state index contributed by atoms with van der Waals surface area (Å²) in [6.45, 7) is 6.06. The van der Waals surface area contributed by atoms with Gasteiger partial charge < -0.3 is 20.7 Å². The molecule has 0 spiro atoms. The normalized spacial score (nSPS) is 14.8. The molecule has 1 saturated carbocycles. The summed E-state index contributed by atoms with van der Waals surface area (Å²) in [5.74, 6) is 0. The van der Waals surface area contributed by atoms with Gasteiger partial charge in [0.1, 0.15) is 5.60 Å². The van der Waals surface area contributed by atoms with Crippen molar-refractivity contribution in [3.8, 4) is 0 Å². The molecule has 0 aromatic heterocycles. The number of nitrogens with one attached hydrogen (secondary N) is 4. The standard InChI is InChI=1S/C26H38N4O4S/c1-26(2,3)34-25(31)27-16-17-29-35(32,33)22-14-15-23(30-21-12-8-5-9-13-21)24(18-22)28-19-20-10-6-4-7-11-20/h4,6-7,10-11,14-15,18,21,28-30H,5,8-9,12-13,16-17,19H2,1-3H3,(H,27,31). The summed E-state index contributed by atoms with van der Waals surface area (Å²) in [6.07, 6.45) is 5.33. The number of amides is 1. The van der Waals surface area contributed by atoms with E-state index in [2.05, 4.69) is 20.7 Å². The quantitative estimate of drug-likeness (QED) is 0.346. The van der Waals surface area contributed by atoms with Crippen molar-refractivity contribution in [2.45, 2.75) is 76.0 Å². The molecule has 8 nitrogen and oxygen atoms in total. The molecule has 9 heteroatoms. The lowest BCUT2D eigenvalue weighted by Gasteiger charge is -2.25. The van der Waals surface area contributed by atoms with E-state index in [1.807, 2.05) is 36.4 Å². The number of rotatable bonds is 10. The van der Waals surface area contributed by atoms with Gasteiger partial charge >= 0.3 is 6.09 Å². The number of ether oxygens (including phenoxy) is 1. The second kappa shape index (κ2) is 12.3. The average Bonchev–Trinajstić information content (AvgIpc) is 2.81. The highest BCUT2D eigenvalue weighted by atomic mass is 32.2. The molecule has 1 fully saturated rings. The van der Waals surface area contributed by atoms with Crippen molar-refractivity contribution < 1.29 is 17.9 Å². The van der Waals surface area contributed by atoms with Crippen LogP contribution in [0.4, 0.5) is 16.2 Å². The number of sulfonamides is 1. The third-order valence-electron chi connectivity index (χ3n) is 5.68. The summed E-state index contributed by atoms with van der Waals surface area (Å²) in [4.78, 5) is 11.9. The van der Waals surface area contributed by atoms with Crippen molar-refractivity contribution >= 4 is 27.5 Å². The monoisotopic (exact) mass is 502 g/mol. The van der Waals surface area contributed by atoms with Gasteiger partial charge in [-0.2, -0.15) is 0 Å². The molecule has 192 valence electrons. The zero-order chi connectivity index (χ0) is 25.3. The molecule has 1 amide bonds. The van der Waals surface area contributed by atoms with Crippen LogP contribution in [0.1, 0.15) is 58.4 Å². The molecule has 0 saturated heterocycles. The van der Waals surface area contributed by atoms with Gasteiger partial charge in [0.25, 0.3) is 0 Å². The largest absolute Gasteiger partial charge is 0.444 e. The maximum atomic E-state index is 12.9. The Morgan fingerprint density at radius 1 is 0.971 bits per heavy atom. The molecule has 0 unspecified atom stereocenters. The van der Waals surface area contributed by atoms with Gasteiger partial charge in [0.05, 0.1) is 16.3 Å². The van der Waals surface area contributed by atoms with Crippen molar-refractivity contribution in [2.75, 3.05) is 23.7 Å². The van der Waals surface area contributed by atoms with E-state index >= 15 is 0 Å². The summed E-state index contributed by atoms with van der Waals surface area (Å²) in [6, 6.07) is 15.5. The highest BCUT2D eigenvalue weighted by Gasteiger charge is 2.19. The van der Waals surface area contributed by atoms with Crippen LogP contribution in [0.2, 0.25) is 0 Å². The van der Waals surface area contributed by atoms with Gasteiger partial charge in [0.15, 0.2) is 0 Å². The van der Waals surface area contributed by atoms with Crippen LogP contribution in [0.5, 0.6) is 0 Å². The third-order valence-corrected chi connectivity index (χ3v) is 7.14. The van der Waals surface area contributed by atoms with E-state index in [4.69, 9.17) is 4.74 Å². The van der Waals surface area contributed by atoms with Crippen LogP contribution in [0.25, 0.3) is 0 Å². The smallest absolute Gasteiger partial charge is 0.407 e. The van der Waals surface area contributed by atoms with Gasteiger partial charge in [-0.1, -0.05) is 49.6 Å². The van der Waals surface area contributed by atoms with Crippen molar-refractivity contribution in [1.82, 2.24) is 10.0 Å². The summed E-state index contributed by atoms with van der Waals surface area (Å²) in [5, 5.41) is 9.57. The Kier molecular flexibility index (Phi) is 9.40. The predicted molar refractivity (Wildman–Crippen MR) is 140 cm³/mol. The van der Waals surface area contributed by atoms with E-state index in [1.54, 1.807) is 32.9 Å². The number of carbonyl (C=O) groups excluding carboxylic acids is 1. The topological polar surface area (TPSA) is 109 Å². The maximum absolute atomic E-state index is 12.9. The van der Waals surface area contributed by atoms with Crippen LogP contribution in [0, 0.1) is 0 Å². The maximum Gasteiger partial charge on any atom is 0.407 e. The molecule has 0 atom stereocenters. The van der Waals surface area contributed by atoms with Gasteiger partial charge in [-0.3, -0.25) is 0 Å². The zero-order valence-corrected chi connectivity index (χ0v) is 21.7. The minimum Gasteiger partial charge on any atom is -0.444 e. The van der Waals surface area contributed by atoms with Gasteiger partial charge in [0, 0.05) is 25.7 Å². The van der Waals surface area contributed by atoms with Crippen LogP contribution in [-0.2, 0) is 21.3 Å². The van der Waals surface area contributed by atoms with Gasteiger partial charge in [-0.05, 0) is 57.4 Å². The molecule has 1 aliphatic carbocycles. The minimum absolute atomic E-state index is 0.0520. The molecule has 35 heavy (non-hydrogen) atoms. The van der Waals surface area contributed by atoms with Gasteiger partial charge in [0.2, 0.25) is 10.0 Å². The van der Waals surface area contributed by atoms with Crippen molar-refractivity contribution in [3.63, 3.8) is 0 Å². The lowest BCUT2D eigenvalue weighted by Crippen LogP contribution is -2.37. The van der Waals surface area contributed by atoms with Gasteiger partial charge in [-0.25, -0.2) is 17.9 Å². The van der Waals surface area contributed by atoms with E-state index in [-0.39, 0.29) is 18.0 Å². The van der Waals surface area contributed by atoms with Crippen LogP contribution in [0.15, 0.2) is 53.4 Å². The third kappa shape index (κ3) is 9.07. The minimum atomic E-state index is -3.76. The molecule has 0 bridgehead atoms. The van der Waals surface area contributed by atoms with E-state index in [0.29, 0.717) is 12.6 Å². The average molecular weight is 503 g/mol. The summed E-state index contributed by atoms with van der Waals surface area (Å²) in [5.41, 5.74) is 2.14. The number of benzene rings is 2. The lowest BCUT2D eigenvalue weighted by molar-refractivity contribution is 0.0529. The highest BCUT2D eigenvalue weighted by Crippen LogP contribution is 2.29. The first-order chi connectivity index (χ1) is 16.6. The fraction of sp³-hybridized carbons (Fsp3) is 0.500. The molecular formula is C26H38N4O4S.